The molecule has 134 valence electrons. The molecule has 1 aromatic heterocycles. The molecule has 2 rings (SSSR count). The number of carbonyl (C=O) groups excluding carboxylic acids is 2. The van der Waals surface area contributed by atoms with Gasteiger partial charge in [-0.1, -0.05) is 19.9 Å². The fourth-order valence-electron chi connectivity index (χ4n) is 2.03. The number of hydrogen-bond acceptors (Lipinski definition) is 5. The maximum absolute atomic E-state index is 12.0. The van der Waals surface area contributed by atoms with Gasteiger partial charge in [-0.15, -0.1) is 11.3 Å². The highest BCUT2D eigenvalue weighted by molar-refractivity contribution is 7.09. The zero-order chi connectivity index (χ0) is 18.2. The molecular weight excluding hydrogens is 340 g/mol. The molecule has 0 saturated heterocycles. The second-order valence-corrected chi connectivity index (χ2v) is 6.55. The smallest absolute Gasteiger partial charge is 0.411 e. The molecule has 3 N–H and O–H groups in total. The predicted molar refractivity (Wildman–Crippen MR) is 99.4 cm³/mol. The van der Waals surface area contributed by atoms with Crippen molar-refractivity contribution in [2.75, 3.05) is 24.3 Å². The maximum Gasteiger partial charge on any atom is 0.411 e. The number of thiazole rings is 1. The third-order valence-electron chi connectivity index (χ3n) is 3.28. The first-order valence-corrected chi connectivity index (χ1v) is 8.80. The Morgan fingerprint density at radius 1 is 1.24 bits per heavy atom. The molecule has 0 radical (unpaired) electrons. The molecule has 0 atom stereocenters. The molecule has 1 aromatic carbocycles. The van der Waals surface area contributed by atoms with Crippen LogP contribution in [0.25, 0.3) is 0 Å². The Morgan fingerprint density at radius 3 is 2.60 bits per heavy atom. The van der Waals surface area contributed by atoms with E-state index >= 15 is 0 Å². The highest BCUT2D eigenvalue weighted by Crippen LogP contribution is 2.19. The summed E-state index contributed by atoms with van der Waals surface area (Å²) in [6.45, 7) is 4.71. The summed E-state index contributed by atoms with van der Waals surface area (Å²) in [6, 6.07) is 6.50. The van der Waals surface area contributed by atoms with E-state index < -0.39 is 6.09 Å². The Bertz CT molecular complexity index is 730. The molecule has 0 aliphatic rings. The van der Waals surface area contributed by atoms with Crippen molar-refractivity contribution in [3.8, 4) is 0 Å². The topological polar surface area (TPSA) is 92.4 Å². The first-order chi connectivity index (χ1) is 12.0. The number of ether oxygens (including phenoxy) is 1. The van der Waals surface area contributed by atoms with Crippen molar-refractivity contribution in [2.24, 2.45) is 0 Å². The lowest BCUT2D eigenvalue weighted by Gasteiger charge is -2.09. The van der Waals surface area contributed by atoms with E-state index in [1.54, 1.807) is 35.6 Å². The van der Waals surface area contributed by atoms with Gasteiger partial charge in [-0.05, 0) is 18.2 Å². The van der Waals surface area contributed by atoms with Crippen molar-refractivity contribution in [3.63, 3.8) is 0 Å². The number of benzene rings is 1. The number of nitrogens with zero attached hydrogens (tertiary/aromatic N) is 1. The van der Waals surface area contributed by atoms with Crippen molar-refractivity contribution in [2.45, 2.75) is 26.2 Å². The van der Waals surface area contributed by atoms with Crippen LogP contribution in [0, 0.1) is 0 Å². The van der Waals surface area contributed by atoms with E-state index in [1.807, 2.05) is 5.38 Å². The van der Waals surface area contributed by atoms with Gasteiger partial charge in [-0.25, -0.2) is 14.6 Å². The molecule has 3 amide bonds. The van der Waals surface area contributed by atoms with Gasteiger partial charge in [0.15, 0.2) is 0 Å². The summed E-state index contributed by atoms with van der Waals surface area (Å²) in [4.78, 5) is 27.7. The Balaban J connectivity index is 1.79. The maximum atomic E-state index is 12.0. The average molecular weight is 362 g/mol. The average Bonchev–Trinajstić information content (AvgIpc) is 3.04. The van der Waals surface area contributed by atoms with E-state index in [0.29, 0.717) is 30.3 Å². The standard InChI is InChI=1S/C17H22N4O3S/c1-11(2)15-19-14(10-25-15)7-8-18-16(22)20-12-5-4-6-13(9-12)21-17(23)24-3/h4-6,9-11H,7-8H2,1-3H3,(H,21,23)(H2,18,20,22). The molecular formula is C17H22N4O3S. The van der Waals surface area contributed by atoms with E-state index in [9.17, 15) is 9.59 Å². The van der Waals surface area contributed by atoms with Gasteiger partial charge in [-0.2, -0.15) is 0 Å². The van der Waals surface area contributed by atoms with E-state index in [0.717, 1.165) is 10.7 Å². The Morgan fingerprint density at radius 2 is 1.96 bits per heavy atom. The SMILES string of the molecule is COC(=O)Nc1cccc(NC(=O)NCCc2csc(C(C)C)n2)c1. The molecule has 0 fully saturated rings. The van der Waals surface area contributed by atoms with Gasteiger partial charge < -0.3 is 15.4 Å². The minimum Gasteiger partial charge on any atom is -0.453 e. The van der Waals surface area contributed by atoms with Gasteiger partial charge in [0.1, 0.15) is 0 Å². The largest absolute Gasteiger partial charge is 0.453 e. The van der Waals surface area contributed by atoms with Crippen LogP contribution in [0.15, 0.2) is 29.6 Å². The monoisotopic (exact) mass is 362 g/mol. The number of urea groups is 1. The van der Waals surface area contributed by atoms with Crippen LogP contribution in [-0.4, -0.2) is 30.8 Å². The molecule has 7 nitrogen and oxygen atoms in total. The second-order valence-electron chi connectivity index (χ2n) is 5.66. The number of anilines is 2. The van der Waals surface area contributed by atoms with Crippen molar-refractivity contribution in [3.05, 3.63) is 40.3 Å². The van der Waals surface area contributed by atoms with Gasteiger partial charge in [0.05, 0.1) is 17.8 Å². The summed E-state index contributed by atoms with van der Waals surface area (Å²) in [7, 11) is 1.29. The van der Waals surface area contributed by atoms with Crippen molar-refractivity contribution >= 4 is 34.8 Å². The summed E-state index contributed by atoms with van der Waals surface area (Å²) in [5.41, 5.74) is 2.09. The lowest BCUT2D eigenvalue weighted by Crippen LogP contribution is -2.30. The molecule has 8 heteroatoms. The molecule has 0 aliphatic heterocycles. The van der Waals surface area contributed by atoms with Gasteiger partial charge in [0.25, 0.3) is 0 Å². The zero-order valence-electron chi connectivity index (χ0n) is 14.5. The fourth-order valence-corrected chi connectivity index (χ4v) is 2.90. The van der Waals surface area contributed by atoms with Gasteiger partial charge >= 0.3 is 12.1 Å². The van der Waals surface area contributed by atoms with E-state index in [1.165, 1.54) is 7.11 Å². The minimum absolute atomic E-state index is 0.311. The number of aromatic nitrogens is 1. The van der Waals surface area contributed by atoms with Crippen LogP contribution < -0.4 is 16.0 Å². The van der Waals surface area contributed by atoms with E-state index in [4.69, 9.17) is 0 Å². The Hall–Kier alpha value is -2.61. The van der Waals surface area contributed by atoms with E-state index in [2.05, 4.69) is 39.5 Å². The third kappa shape index (κ3) is 6.07. The summed E-state index contributed by atoms with van der Waals surface area (Å²) in [5.74, 6) is 0.417. The number of nitrogens with one attached hydrogen (secondary N) is 3. The molecule has 2 aromatic rings. The summed E-state index contributed by atoms with van der Waals surface area (Å²) >= 11 is 1.64. The Kier molecular flexibility index (Phi) is 6.76. The number of amides is 3. The highest BCUT2D eigenvalue weighted by atomic mass is 32.1. The van der Waals surface area contributed by atoms with Crippen molar-refractivity contribution in [1.82, 2.24) is 10.3 Å². The predicted octanol–water partition coefficient (Wildman–Crippen LogP) is 3.81. The van der Waals surface area contributed by atoms with Gasteiger partial charge in [0, 0.05) is 35.6 Å². The van der Waals surface area contributed by atoms with Crippen LogP contribution in [0.2, 0.25) is 0 Å². The number of rotatable bonds is 6. The third-order valence-corrected chi connectivity index (χ3v) is 4.48. The molecule has 0 unspecified atom stereocenters. The lowest BCUT2D eigenvalue weighted by molar-refractivity contribution is 0.187. The number of methoxy groups -OCH3 is 1. The minimum atomic E-state index is -0.564. The number of hydrogen-bond donors (Lipinski definition) is 3. The Labute approximate surface area is 150 Å². The highest BCUT2D eigenvalue weighted by Gasteiger charge is 2.07. The van der Waals surface area contributed by atoms with Crippen LogP contribution in [0.4, 0.5) is 21.0 Å². The molecule has 25 heavy (non-hydrogen) atoms. The van der Waals surface area contributed by atoms with Crippen LogP contribution in [0.1, 0.15) is 30.5 Å². The van der Waals surface area contributed by atoms with Gasteiger partial charge in [0.2, 0.25) is 0 Å². The van der Waals surface area contributed by atoms with Crippen LogP contribution in [0.5, 0.6) is 0 Å². The van der Waals surface area contributed by atoms with Crippen molar-refractivity contribution in [1.29, 1.82) is 0 Å². The quantitative estimate of drug-likeness (QED) is 0.728. The number of carbonyl (C=O) groups is 2. The summed E-state index contributed by atoms with van der Waals surface area (Å²) < 4.78 is 4.53. The fraction of sp³-hybridized carbons (Fsp3) is 0.353. The van der Waals surface area contributed by atoms with Gasteiger partial charge in [-0.3, -0.25) is 5.32 Å². The second kappa shape index (κ2) is 9.03. The van der Waals surface area contributed by atoms with E-state index in [-0.39, 0.29) is 6.03 Å². The first-order valence-electron chi connectivity index (χ1n) is 7.92. The summed E-state index contributed by atoms with van der Waals surface area (Å²) in [6.07, 6.45) is 0.117. The molecule has 0 aliphatic carbocycles. The van der Waals surface area contributed by atoms with Crippen LogP contribution >= 0.6 is 11.3 Å². The first kappa shape index (κ1) is 18.7. The van der Waals surface area contributed by atoms with Crippen LogP contribution in [0.3, 0.4) is 0 Å². The van der Waals surface area contributed by atoms with Crippen LogP contribution in [-0.2, 0) is 11.2 Å². The normalized spacial score (nSPS) is 10.4. The molecule has 0 bridgehead atoms. The lowest BCUT2D eigenvalue weighted by atomic mass is 10.2. The zero-order valence-corrected chi connectivity index (χ0v) is 15.3. The summed E-state index contributed by atoms with van der Waals surface area (Å²) in [5, 5.41) is 11.2. The molecule has 0 saturated carbocycles. The molecule has 0 spiro atoms. The molecule has 1 heterocycles. The van der Waals surface area contributed by atoms with Crippen molar-refractivity contribution < 1.29 is 14.3 Å².